The molecule has 0 radical (unpaired) electrons. The smallest absolute Gasteiger partial charge is 0.243 e. The van der Waals surface area contributed by atoms with Gasteiger partial charge in [0, 0.05) is 26.3 Å². The zero-order valence-electron chi connectivity index (χ0n) is 10.6. The van der Waals surface area contributed by atoms with Gasteiger partial charge in [-0.15, -0.1) is 0 Å². The number of fused-ring (bicyclic) bond motifs is 1. The number of hydrogen-bond acceptors (Lipinski definition) is 4. The predicted octanol–water partition coefficient (Wildman–Crippen LogP) is 0.758. The minimum Gasteiger partial charge on any atom is -0.373 e. The molecule has 1 aromatic rings. The molecule has 2 rings (SSSR count). The topological polar surface area (TPSA) is 59.6 Å². The van der Waals surface area contributed by atoms with Crippen LogP contribution in [0.15, 0.2) is 24.3 Å². The molecule has 1 atom stereocenters. The summed E-state index contributed by atoms with van der Waals surface area (Å²) in [4.78, 5) is 12.0. The van der Waals surface area contributed by atoms with Crippen LogP contribution in [0.1, 0.15) is 5.56 Å². The first kappa shape index (κ1) is 12.9. The fourth-order valence-electron chi connectivity index (χ4n) is 2.03. The summed E-state index contributed by atoms with van der Waals surface area (Å²) in [6.45, 7) is 0.348. The molecule has 0 spiro atoms. The molecule has 1 aliphatic heterocycles. The first-order chi connectivity index (χ1) is 8.74. The summed E-state index contributed by atoms with van der Waals surface area (Å²) in [5.41, 5.74) is 2.21. The van der Waals surface area contributed by atoms with Crippen molar-refractivity contribution in [2.75, 3.05) is 26.1 Å². The summed E-state index contributed by atoms with van der Waals surface area (Å²) >= 11 is 0. The summed E-state index contributed by atoms with van der Waals surface area (Å²) < 4.78 is 10.0. The molecule has 5 nitrogen and oxygen atoms in total. The third-order valence-electron chi connectivity index (χ3n) is 3.06. The van der Waals surface area contributed by atoms with Crippen molar-refractivity contribution in [1.29, 1.82) is 0 Å². The Balaban J connectivity index is 1.86. The molecule has 0 aliphatic carbocycles. The second-order valence-corrected chi connectivity index (χ2v) is 4.20. The number of para-hydroxylation sites is 1. The summed E-state index contributed by atoms with van der Waals surface area (Å²) in [5, 5.41) is 6.01. The van der Waals surface area contributed by atoms with Crippen LogP contribution in [0, 0.1) is 0 Å². The van der Waals surface area contributed by atoms with Crippen LogP contribution in [-0.4, -0.2) is 39.0 Å². The number of hydrogen-bond donors (Lipinski definition) is 2. The highest BCUT2D eigenvalue weighted by Gasteiger charge is 2.26. The van der Waals surface area contributed by atoms with Crippen molar-refractivity contribution >= 4 is 11.6 Å². The molecule has 18 heavy (non-hydrogen) atoms. The monoisotopic (exact) mass is 250 g/mol. The molecule has 1 heterocycles. The van der Waals surface area contributed by atoms with Crippen LogP contribution in [0.5, 0.6) is 0 Å². The van der Waals surface area contributed by atoms with Gasteiger partial charge in [0.2, 0.25) is 5.91 Å². The fraction of sp³-hybridized carbons (Fsp3) is 0.462. The van der Waals surface area contributed by atoms with E-state index in [1.165, 1.54) is 5.56 Å². The molecule has 1 aromatic carbocycles. The van der Waals surface area contributed by atoms with E-state index in [0.717, 1.165) is 5.69 Å². The van der Waals surface area contributed by atoms with E-state index < -0.39 is 6.29 Å². The molecule has 0 fully saturated rings. The van der Waals surface area contributed by atoms with Gasteiger partial charge in [-0.25, -0.2) is 0 Å². The third kappa shape index (κ3) is 2.80. The van der Waals surface area contributed by atoms with Crippen LogP contribution in [0.4, 0.5) is 5.69 Å². The Hall–Kier alpha value is -1.59. The summed E-state index contributed by atoms with van der Waals surface area (Å²) in [7, 11) is 3.09. The number of amides is 1. The second-order valence-electron chi connectivity index (χ2n) is 4.20. The fourth-order valence-corrected chi connectivity index (χ4v) is 2.03. The molecular weight excluding hydrogens is 232 g/mol. The SMILES string of the molecule is COC(CNC(=O)C1Cc2ccccc2N1)OC. The van der Waals surface area contributed by atoms with Crippen LogP contribution >= 0.6 is 0 Å². The molecular formula is C13H18N2O3. The minimum atomic E-state index is -0.405. The first-order valence-corrected chi connectivity index (χ1v) is 5.92. The lowest BCUT2D eigenvalue weighted by molar-refractivity contribution is -0.128. The average Bonchev–Trinajstić information content (AvgIpc) is 2.83. The highest BCUT2D eigenvalue weighted by Crippen LogP contribution is 2.24. The van der Waals surface area contributed by atoms with Crippen LogP contribution in [-0.2, 0) is 20.7 Å². The van der Waals surface area contributed by atoms with E-state index >= 15 is 0 Å². The maximum atomic E-state index is 12.0. The van der Waals surface area contributed by atoms with E-state index in [4.69, 9.17) is 9.47 Å². The average molecular weight is 250 g/mol. The zero-order valence-corrected chi connectivity index (χ0v) is 10.6. The van der Waals surface area contributed by atoms with E-state index in [0.29, 0.717) is 13.0 Å². The van der Waals surface area contributed by atoms with Crippen molar-refractivity contribution in [3.63, 3.8) is 0 Å². The number of anilines is 1. The van der Waals surface area contributed by atoms with Gasteiger partial charge < -0.3 is 20.1 Å². The van der Waals surface area contributed by atoms with Gasteiger partial charge in [-0.05, 0) is 11.6 Å². The second kappa shape index (κ2) is 5.84. The summed E-state index contributed by atoms with van der Waals surface area (Å²) in [5.74, 6) is -0.0368. The lowest BCUT2D eigenvalue weighted by Crippen LogP contribution is -2.42. The Labute approximate surface area is 106 Å². The number of carbonyl (C=O) groups excluding carboxylic acids is 1. The number of ether oxygens (including phenoxy) is 2. The van der Waals surface area contributed by atoms with Gasteiger partial charge in [-0.3, -0.25) is 4.79 Å². The van der Waals surface area contributed by atoms with Crippen LogP contribution in [0.25, 0.3) is 0 Å². The quantitative estimate of drug-likeness (QED) is 0.757. The molecule has 0 saturated carbocycles. The van der Waals surface area contributed by atoms with E-state index in [2.05, 4.69) is 10.6 Å². The highest BCUT2D eigenvalue weighted by atomic mass is 16.7. The van der Waals surface area contributed by atoms with Gasteiger partial charge in [-0.1, -0.05) is 18.2 Å². The predicted molar refractivity (Wildman–Crippen MR) is 68.4 cm³/mol. The van der Waals surface area contributed by atoms with Crippen LogP contribution in [0.3, 0.4) is 0 Å². The number of methoxy groups -OCH3 is 2. The standard InChI is InChI=1S/C13H18N2O3/c1-17-12(18-2)8-14-13(16)11-7-9-5-3-4-6-10(9)15-11/h3-6,11-12,15H,7-8H2,1-2H3,(H,14,16). The van der Waals surface area contributed by atoms with Crippen molar-refractivity contribution in [1.82, 2.24) is 5.32 Å². The lowest BCUT2D eigenvalue weighted by atomic mass is 10.1. The Kier molecular flexibility index (Phi) is 4.17. The molecule has 0 aromatic heterocycles. The van der Waals surface area contributed by atoms with Gasteiger partial charge in [0.05, 0.1) is 6.54 Å². The van der Waals surface area contributed by atoms with E-state index in [1.807, 2.05) is 24.3 Å². The molecule has 0 bridgehead atoms. The van der Waals surface area contributed by atoms with Gasteiger partial charge in [0.25, 0.3) is 0 Å². The maximum absolute atomic E-state index is 12.0. The highest BCUT2D eigenvalue weighted by molar-refractivity contribution is 5.87. The largest absolute Gasteiger partial charge is 0.373 e. The van der Waals surface area contributed by atoms with Crippen LogP contribution < -0.4 is 10.6 Å². The van der Waals surface area contributed by atoms with Gasteiger partial charge >= 0.3 is 0 Å². The van der Waals surface area contributed by atoms with Gasteiger partial charge in [-0.2, -0.15) is 0 Å². The third-order valence-corrected chi connectivity index (χ3v) is 3.06. The minimum absolute atomic E-state index is 0.0368. The first-order valence-electron chi connectivity index (χ1n) is 5.92. The Morgan fingerprint density at radius 1 is 1.44 bits per heavy atom. The maximum Gasteiger partial charge on any atom is 0.243 e. The molecule has 1 aliphatic rings. The Bertz CT molecular complexity index is 393. The lowest BCUT2D eigenvalue weighted by Gasteiger charge is -2.16. The Morgan fingerprint density at radius 2 is 2.17 bits per heavy atom. The molecule has 98 valence electrons. The van der Waals surface area contributed by atoms with E-state index in [1.54, 1.807) is 14.2 Å². The summed E-state index contributed by atoms with van der Waals surface area (Å²) in [6, 6.07) is 7.74. The molecule has 1 amide bonds. The molecule has 5 heteroatoms. The number of carbonyl (C=O) groups is 1. The van der Waals surface area contributed by atoms with E-state index in [9.17, 15) is 4.79 Å². The number of benzene rings is 1. The van der Waals surface area contributed by atoms with Crippen molar-refractivity contribution in [3.05, 3.63) is 29.8 Å². The molecule has 1 unspecified atom stereocenters. The number of nitrogens with one attached hydrogen (secondary N) is 2. The van der Waals surface area contributed by atoms with E-state index in [-0.39, 0.29) is 11.9 Å². The van der Waals surface area contributed by atoms with Crippen molar-refractivity contribution < 1.29 is 14.3 Å². The van der Waals surface area contributed by atoms with Crippen molar-refractivity contribution in [3.8, 4) is 0 Å². The molecule has 0 saturated heterocycles. The van der Waals surface area contributed by atoms with Gasteiger partial charge in [0.1, 0.15) is 6.04 Å². The summed E-state index contributed by atoms with van der Waals surface area (Å²) in [6.07, 6.45) is 0.310. The number of rotatable bonds is 5. The Morgan fingerprint density at radius 3 is 2.83 bits per heavy atom. The van der Waals surface area contributed by atoms with Crippen molar-refractivity contribution in [2.24, 2.45) is 0 Å². The normalized spacial score (nSPS) is 17.4. The van der Waals surface area contributed by atoms with Crippen molar-refractivity contribution in [2.45, 2.75) is 18.8 Å². The zero-order chi connectivity index (χ0) is 13.0. The van der Waals surface area contributed by atoms with Crippen LogP contribution in [0.2, 0.25) is 0 Å². The molecule has 2 N–H and O–H groups in total. The van der Waals surface area contributed by atoms with Gasteiger partial charge in [0.15, 0.2) is 6.29 Å².